The van der Waals surface area contributed by atoms with Crippen LogP contribution in [0, 0.1) is 5.92 Å². The summed E-state index contributed by atoms with van der Waals surface area (Å²) in [6, 6.07) is 6.54. The smallest absolute Gasteiger partial charge is 0.223 e. The van der Waals surface area contributed by atoms with Crippen LogP contribution in [0.4, 0.5) is 0 Å². The summed E-state index contributed by atoms with van der Waals surface area (Å²) in [6.45, 7) is 3.11. The molecule has 3 unspecified atom stereocenters. The number of hydrogen-bond donors (Lipinski definition) is 1. The largest absolute Gasteiger partial charge is 0.496 e. The van der Waals surface area contributed by atoms with Crippen LogP contribution in [0.5, 0.6) is 5.75 Å². The SMILES string of the molecule is COc1cccc2[nH]cc(C(C)CC(=O)N3CCCC4CCCCC43)c12. The number of benzene rings is 1. The molecule has 4 rings (SSSR count). The normalized spacial score (nSPS) is 24.3. The molecule has 3 atom stereocenters. The molecule has 26 heavy (non-hydrogen) atoms. The predicted octanol–water partition coefficient (Wildman–Crippen LogP) is 4.85. The molecule has 2 aromatic rings. The molecule has 1 aromatic carbocycles. The number of likely N-dealkylation sites (tertiary alicyclic amines) is 1. The van der Waals surface area contributed by atoms with E-state index in [1.807, 2.05) is 18.3 Å². The summed E-state index contributed by atoms with van der Waals surface area (Å²) in [6.07, 6.45) is 10.2. The zero-order chi connectivity index (χ0) is 18.1. The van der Waals surface area contributed by atoms with Gasteiger partial charge in [0, 0.05) is 36.1 Å². The molecule has 2 heterocycles. The predicted molar refractivity (Wildman–Crippen MR) is 105 cm³/mol. The average Bonchev–Trinajstić information content (AvgIpc) is 3.12. The summed E-state index contributed by atoms with van der Waals surface area (Å²) in [4.78, 5) is 18.7. The van der Waals surface area contributed by atoms with Crippen molar-refractivity contribution in [2.75, 3.05) is 13.7 Å². The first-order valence-corrected chi connectivity index (χ1v) is 10.1. The molecule has 1 aromatic heterocycles. The number of nitrogens with one attached hydrogen (secondary N) is 1. The second-order valence-corrected chi connectivity index (χ2v) is 8.07. The molecule has 140 valence electrons. The number of piperidine rings is 1. The van der Waals surface area contributed by atoms with Crippen LogP contribution in [0.1, 0.15) is 63.4 Å². The van der Waals surface area contributed by atoms with Crippen LogP contribution >= 0.6 is 0 Å². The van der Waals surface area contributed by atoms with Crippen LogP contribution in [0.15, 0.2) is 24.4 Å². The van der Waals surface area contributed by atoms with Gasteiger partial charge in [0.1, 0.15) is 5.75 Å². The van der Waals surface area contributed by atoms with Gasteiger partial charge in [0.25, 0.3) is 0 Å². The first kappa shape index (κ1) is 17.4. The Morgan fingerprint density at radius 1 is 1.27 bits per heavy atom. The quantitative estimate of drug-likeness (QED) is 0.853. The maximum absolute atomic E-state index is 13.1. The average molecular weight is 354 g/mol. The standard InChI is InChI=1S/C22H30N2O2/c1-15(17-14-23-18-9-5-11-20(26-2)22(17)18)13-21(25)24-12-6-8-16-7-3-4-10-19(16)24/h5,9,11,14-16,19,23H,3-4,6-8,10,12-13H2,1-2H3. The number of fused-ring (bicyclic) bond motifs is 2. The van der Waals surface area contributed by atoms with Crippen molar-refractivity contribution in [3.05, 3.63) is 30.0 Å². The zero-order valence-corrected chi connectivity index (χ0v) is 16.0. The van der Waals surface area contributed by atoms with Gasteiger partial charge in [0.05, 0.1) is 7.11 Å². The van der Waals surface area contributed by atoms with Crippen LogP contribution in [0.25, 0.3) is 10.9 Å². The fourth-order valence-corrected chi connectivity index (χ4v) is 5.16. The molecule has 0 bridgehead atoms. The Balaban J connectivity index is 1.53. The first-order chi connectivity index (χ1) is 12.7. The van der Waals surface area contributed by atoms with Crippen LogP contribution in [0.2, 0.25) is 0 Å². The maximum atomic E-state index is 13.1. The van der Waals surface area contributed by atoms with E-state index in [0.717, 1.165) is 29.1 Å². The minimum Gasteiger partial charge on any atom is -0.496 e. The van der Waals surface area contributed by atoms with Gasteiger partial charge in [-0.1, -0.05) is 25.8 Å². The van der Waals surface area contributed by atoms with Crippen molar-refractivity contribution in [3.8, 4) is 5.75 Å². The molecule has 4 nitrogen and oxygen atoms in total. The number of carbonyl (C=O) groups excluding carboxylic acids is 1. The third-order valence-electron chi connectivity index (χ3n) is 6.49. The number of nitrogens with zero attached hydrogens (tertiary/aromatic N) is 1. The van der Waals surface area contributed by atoms with Crippen LogP contribution in [-0.2, 0) is 4.79 Å². The van der Waals surface area contributed by atoms with Gasteiger partial charge < -0.3 is 14.6 Å². The minimum atomic E-state index is 0.177. The fraction of sp³-hybridized carbons (Fsp3) is 0.591. The van der Waals surface area contributed by atoms with E-state index >= 15 is 0 Å². The Morgan fingerprint density at radius 2 is 2.08 bits per heavy atom. The summed E-state index contributed by atoms with van der Waals surface area (Å²) in [7, 11) is 1.71. The summed E-state index contributed by atoms with van der Waals surface area (Å²) in [5, 5.41) is 1.12. The van der Waals surface area contributed by atoms with Crippen molar-refractivity contribution in [2.45, 2.75) is 63.8 Å². The lowest BCUT2D eigenvalue weighted by molar-refractivity contribution is -0.137. The molecule has 1 amide bonds. The monoisotopic (exact) mass is 354 g/mol. The second kappa shape index (κ2) is 7.34. The van der Waals surface area contributed by atoms with Crippen molar-refractivity contribution in [2.24, 2.45) is 5.92 Å². The number of aromatic nitrogens is 1. The summed E-state index contributed by atoms with van der Waals surface area (Å²) in [5.74, 6) is 2.13. The molecule has 2 aliphatic rings. The van der Waals surface area contributed by atoms with E-state index in [0.29, 0.717) is 18.4 Å². The maximum Gasteiger partial charge on any atom is 0.223 e. The van der Waals surface area contributed by atoms with Gasteiger partial charge in [0.2, 0.25) is 5.91 Å². The van der Waals surface area contributed by atoms with E-state index in [1.54, 1.807) is 7.11 Å². The highest BCUT2D eigenvalue weighted by Gasteiger charge is 2.36. The number of methoxy groups -OCH3 is 1. The van der Waals surface area contributed by atoms with Crippen molar-refractivity contribution >= 4 is 16.8 Å². The molecule has 0 spiro atoms. The molecular formula is C22H30N2O2. The number of H-pyrrole nitrogens is 1. The van der Waals surface area contributed by atoms with E-state index in [2.05, 4.69) is 22.9 Å². The lowest BCUT2D eigenvalue weighted by Crippen LogP contribution is -2.49. The van der Waals surface area contributed by atoms with Crippen molar-refractivity contribution in [3.63, 3.8) is 0 Å². The molecule has 0 radical (unpaired) electrons. The van der Waals surface area contributed by atoms with E-state index < -0.39 is 0 Å². The van der Waals surface area contributed by atoms with Gasteiger partial charge in [-0.3, -0.25) is 4.79 Å². The van der Waals surface area contributed by atoms with E-state index in [-0.39, 0.29) is 5.92 Å². The topological polar surface area (TPSA) is 45.3 Å². The van der Waals surface area contributed by atoms with Crippen molar-refractivity contribution < 1.29 is 9.53 Å². The van der Waals surface area contributed by atoms with Crippen LogP contribution in [0.3, 0.4) is 0 Å². The van der Waals surface area contributed by atoms with Crippen molar-refractivity contribution in [1.29, 1.82) is 0 Å². The highest BCUT2D eigenvalue weighted by molar-refractivity contribution is 5.90. The fourth-order valence-electron chi connectivity index (χ4n) is 5.16. The second-order valence-electron chi connectivity index (χ2n) is 8.07. The van der Waals surface area contributed by atoms with Crippen molar-refractivity contribution in [1.82, 2.24) is 9.88 Å². The lowest BCUT2D eigenvalue weighted by Gasteiger charge is -2.44. The number of aromatic amines is 1. The molecular weight excluding hydrogens is 324 g/mol. The van der Waals surface area contributed by atoms with E-state index in [9.17, 15) is 4.79 Å². The van der Waals surface area contributed by atoms with Gasteiger partial charge in [-0.05, 0) is 55.2 Å². The van der Waals surface area contributed by atoms with Gasteiger partial charge in [-0.25, -0.2) is 0 Å². The molecule has 2 fully saturated rings. The van der Waals surface area contributed by atoms with E-state index in [4.69, 9.17) is 4.74 Å². The highest BCUT2D eigenvalue weighted by Crippen LogP contribution is 2.38. The third kappa shape index (κ3) is 3.10. The lowest BCUT2D eigenvalue weighted by atomic mass is 9.78. The minimum absolute atomic E-state index is 0.177. The highest BCUT2D eigenvalue weighted by atomic mass is 16.5. The molecule has 1 saturated heterocycles. The molecule has 1 N–H and O–H groups in total. The van der Waals surface area contributed by atoms with Gasteiger partial charge in [-0.2, -0.15) is 0 Å². The van der Waals surface area contributed by atoms with E-state index in [1.165, 1.54) is 44.1 Å². The number of rotatable bonds is 4. The number of hydrogen-bond acceptors (Lipinski definition) is 2. The molecule has 1 aliphatic heterocycles. The Morgan fingerprint density at radius 3 is 2.92 bits per heavy atom. The Labute approximate surface area is 155 Å². The zero-order valence-electron chi connectivity index (χ0n) is 16.0. The Bertz CT molecular complexity index is 780. The summed E-state index contributed by atoms with van der Waals surface area (Å²) in [5.41, 5.74) is 2.26. The Kier molecular flexibility index (Phi) is 4.92. The van der Waals surface area contributed by atoms with Gasteiger partial charge in [-0.15, -0.1) is 0 Å². The first-order valence-electron chi connectivity index (χ1n) is 10.1. The summed E-state index contributed by atoms with van der Waals surface area (Å²) < 4.78 is 5.55. The van der Waals surface area contributed by atoms with Crippen LogP contribution < -0.4 is 4.74 Å². The number of carbonyl (C=O) groups is 1. The van der Waals surface area contributed by atoms with Gasteiger partial charge in [0.15, 0.2) is 0 Å². The molecule has 4 heteroatoms. The molecule has 1 aliphatic carbocycles. The molecule has 1 saturated carbocycles. The van der Waals surface area contributed by atoms with Crippen LogP contribution in [-0.4, -0.2) is 35.5 Å². The van der Waals surface area contributed by atoms with Gasteiger partial charge >= 0.3 is 0 Å². The third-order valence-corrected chi connectivity index (χ3v) is 6.49. The summed E-state index contributed by atoms with van der Waals surface area (Å²) >= 11 is 0. The Hall–Kier alpha value is -1.97. The number of ether oxygens (including phenoxy) is 1. The number of amides is 1.